The first-order chi connectivity index (χ1) is 23.9. The Labute approximate surface area is 278 Å². The van der Waals surface area contributed by atoms with Gasteiger partial charge in [-0.3, -0.25) is 4.57 Å². The molecule has 1 atom stereocenters. The van der Waals surface area contributed by atoms with E-state index in [1.165, 1.54) is 40.7 Å². The minimum atomic E-state index is -4.67. The van der Waals surface area contributed by atoms with Crippen molar-refractivity contribution in [2.24, 2.45) is 0 Å². The number of alkyl halides is 6. The first kappa shape index (κ1) is 31.9. The zero-order valence-electron chi connectivity index (χ0n) is 26.0. The van der Waals surface area contributed by atoms with Crippen molar-refractivity contribution >= 4 is 34.0 Å². The number of aryl methyl sites for hydroxylation is 1. The monoisotopic (exact) mass is 696 g/mol. The predicted molar refractivity (Wildman–Crippen MR) is 168 cm³/mol. The molecule has 9 rings (SSSR count). The molecule has 2 saturated carbocycles. The highest BCUT2D eigenvalue weighted by Gasteiger charge is 2.39. The molecule has 6 aromatic rings. The first-order valence-electron chi connectivity index (χ1n) is 15.9. The molecule has 2 aromatic carbocycles. The average molecular weight is 697 g/mol. The van der Waals surface area contributed by atoms with Crippen LogP contribution in [0.4, 0.5) is 42.4 Å². The SMILES string of the molecule is FC(F)(F)c1nc(NC2CC2)c2ncn(C3CCc4ccccc43)c2n1.Fc1ccc(-n2cnc3c(NC4CC4)nc(C(F)(F)F)nc32)cc1. The Morgan fingerprint density at radius 1 is 0.640 bits per heavy atom. The second-order valence-electron chi connectivity index (χ2n) is 12.5. The van der Waals surface area contributed by atoms with Crippen LogP contribution in [0.1, 0.15) is 60.9 Å². The van der Waals surface area contributed by atoms with Gasteiger partial charge in [-0.15, -0.1) is 0 Å². The molecule has 0 radical (unpaired) electrons. The van der Waals surface area contributed by atoms with Crippen molar-refractivity contribution in [1.82, 2.24) is 39.0 Å². The summed E-state index contributed by atoms with van der Waals surface area (Å²) in [6.07, 6.45) is -0.991. The largest absolute Gasteiger partial charge is 0.451 e. The second kappa shape index (κ2) is 11.9. The molecule has 2 N–H and O–H groups in total. The Hall–Kier alpha value is -5.35. The minimum absolute atomic E-state index is 0.0204. The topological polar surface area (TPSA) is 111 Å². The summed E-state index contributed by atoms with van der Waals surface area (Å²) in [7, 11) is 0. The molecule has 17 heteroatoms. The number of imidazole rings is 2. The van der Waals surface area contributed by atoms with Crippen molar-refractivity contribution in [2.45, 2.75) is 69.0 Å². The summed E-state index contributed by atoms with van der Waals surface area (Å²) in [6, 6.07) is 13.6. The minimum Gasteiger partial charge on any atom is -0.365 e. The van der Waals surface area contributed by atoms with Crippen LogP contribution >= 0.6 is 0 Å². The molecule has 258 valence electrons. The van der Waals surface area contributed by atoms with Gasteiger partial charge in [0.25, 0.3) is 0 Å². The lowest BCUT2D eigenvalue weighted by Gasteiger charge is -2.15. The van der Waals surface area contributed by atoms with Gasteiger partial charge in [0.2, 0.25) is 11.6 Å². The molecular formula is C33H27F7N10. The highest BCUT2D eigenvalue weighted by atomic mass is 19.4. The van der Waals surface area contributed by atoms with Gasteiger partial charge in [-0.2, -0.15) is 26.3 Å². The number of nitrogens with one attached hydrogen (secondary N) is 2. The summed E-state index contributed by atoms with van der Waals surface area (Å²) in [6.45, 7) is 0. The Morgan fingerprint density at radius 2 is 1.20 bits per heavy atom. The molecule has 2 fully saturated rings. The zero-order chi connectivity index (χ0) is 34.8. The van der Waals surface area contributed by atoms with Crippen LogP contribution in [0.3, 0.4) is 0 Å². The van der Waals surface area contributed by atoms with Crippen LogP contribution < -0.4 is 10.6 Å². The number of hydrogen-bond acceptors (Lipinski definition) is 8. The molecule has 4 heterocycles. The van der Waals surface area contributed by atoms with E-state index >= 15 is 0 Å². The van der Waals surface area contributed by atoms with Gasteiger partial charge >= 0.3 is 12.4 Å². The van der Waals surface area contributed by atoms with E-state index < -0.39 is 29.8 Å². The van der Waals surface area contributed by atoms with Gasteiger partial charge in [-0.25, -0.2) is 34.3 Å². The van der Waals surface area contributed by atoms with Crippen LogP contribution in [0.25, 0.3) is 28.0 Å². The molecule has 0 saturated heterocycles. The third-order valence-corrected chi connectivity index (χ3v) is 8.70. The zero-order valence-corrected chi connectivity index (χ0v) is 26.0. The Morgan fingerprint density at radius 3 is 1.80 bits per heavy atom. The number of anilines is 2. The van der Waals surface area contributed by atoms with E-state index in [2.05, 4.69) is 46.6 Å². The Balaban J connectivity index is 0.000000145. The number of halogens is 7. The number of hydrogen-bond donors (Lipinski definition) is 2. The van der Waals surface area contributed by atoms with Crippen LogP contribution in [0.2, 0.25) is 0 Å². The molecule has 1 unspecified atom stereocenters. The molecule has 3 aliphatic rings. The molecule has 0 spiro atoms. The van der Waals surface area contributed by atoms with Gasteiger partial charge in [0.15, 0.2) is 28.4 Å². The third kappa shape index (κ3) is 6.27. The van der Waals surface area contributed by atoms with E-state index in [9.17, 15) is 30.7 Å². The molecule has 50 heavy (non-hydrogen) atoms. The molecular weight excluding hydrogens is 669 g/mol. The van der Waals surface area contributed by atoms with E-state index in [0.717, 1.165) is 44.1 Å². The van der Waals surface area contributed by atoms with E-state index in [0.29, 0.717) is 11.2 Å². The van der Waals surface area contributed by atoms with Crippen LogP contribution in [0, 0.1) is 5.82 Å². The van der Waals surface area contributed by atoms with E-state index in [-0.39, 0.29) is 46.6 Å². The summed E-state index contributed by atoms with van der Waals surface area (Å²) in [5.74, 6) is -2.56. The third-order valence-electron chi connectivity index (χ3n) is 8.70. The van der Waals surface area contributed by atoms with Gasteiger partial charge in [0.05, 0.1) is 12.4 Å². The number of fused-ring (bicyclic) bond motifs is 3. The number of rotatable bonds is 6. The molecule has 3 aliphatic carbocycles. The lowest BCUT2D eigenvalue weighted by molar-refractivity contribution is -0.145. The Bertz CT molecular complexity index is 2200. The fourth-order valence-corrected chi connectivity index (χ4v) is 5.96. The van der Waals surface area contributed by atoms with Crippen molar-refractivity contribution in [3.05, 3.63) is 89.8 Å². The molecule has 10 nitrogen and oxygen atoms in total. The van der Waals surface area contributed by atoms with E-state index in [4.69, 9.17) is 0 Å². The maximum absolute atomic E-state index is 13.3. The van der Waals surface area contributed by atoms with Crippen LogP contribution in [-0.2, 0) is 18.8 Å². The molecule has 0 aliphatic heterocycles. The maximum atomic E-state index is 13.3. The maximum Gasteiger partial charge on any atom is 0.451 e. The number of benzene rings is 2. The average Bonchev–Trinajstić information content (AvgIpc) is 3.94. The van der Waals surface area contributed by atoms with Crippen LogP contribution in [0.5, 0.6) is 0 Å². The van der Waals surface area contributed by atoms with Crippen molar-refractivity contribution < 1.29 is 30.7 Å². The number of nitrogens with zero attached hydrogens (tertiary/aromatic N) is 8. The number of aromatic nitrogens is 8. The first-order valence-corrected chi connectivity index (χ1v) is 15.9. The second-order valence-corrected chi connectivity index (χ2v) is 12.5. The smallest absolute Gasteiger partial charge is 0.365 e. The fourth-order valence-electron chi connectivity index (χ4n) is 5.96. The lowest BCUT2D eigenvalue weighted by Crippen LogP contribution is -2.16. The summed E-state index contributed by atoms with van der Waals surface area (Å²) in [4.78, 5) is 23.2. The van der Waals surface area contributed by atoms with Crippen LogP contribution in [0.15, 0.2) is 61.2 Å². The van der Waals surface area contributed by atoms with Gasteiger partial charge < -0.3 is 15.2 Å². The van der Waals surface area contributed by atoms with Crippen molar-refractivity contribution in [2.75, 3.05) is 10.6 Å². The van der Waals surface area contributed by atoms with Gasteiger partial charge in [0.1, 0.15) is 17.7 Å². The van der Waals surface area contributed by atoms with E-state index in [1.807, 2.05) is 18.2 Å². The highest BCUT2D eigenvalue weighted by Crippen LogP contribution is 2.38. The highest BCUT2D eigenvalue weighted by molar-refractivity contribution is 5.85. The summed E-state index contributed by atoms with van der Waals surface area (Å²) < 4.78 is 95.5. The standard InChI is InChI=1S/C18H16F3N5.C15H11F4N5/c19-18(20,21)17-24-15(23-11-6-7-11)14-16(25-17)26(9-22-14)13-8-5-10-3-1-2-4-12(10)13;16-8-1-5-10(6-2-8)24-7-20-11-12(21-9-3-4-9)22-14(15(17,18)19)23-13(11)24/h1-4,9,11,13H,5-8H2,(H,23,24,25);1-2,5-7,9H,3-4H2,(H,21,22,23). The van der Waals surface area contributed by atoms with Crippen molar-refractivity contribution in [1.29, 1.82) is 0 Å². The summed E-state index contributed by atoms with van der Waals surface area (Å²) in [5, 5.41) is 6.03. The Kier molecular flexibility index (Phi) is 7.60. The summed E-state index contributed by atoms with van der Waals surface area (Å²) >= 11 is 0. The fraction of sp³-hybridized carbons (Fsp3) is 0.333. The van der Waals surface area contributed by atoms with Crippen molar-refractivity contribution in [3.63, 3.8) is 0 Å². The van der Waals surface area contributed by atoms with Gasteiger partial charge in [-0.05, 0) is 73.9 Å². The van der Waals surface area contributed by atoms with Crippen LogP contribution in [-0.4, -0.2) is 51.1 Å². The quantitative estimate of drug-likeness (QED) is 0.172. The summed E-state index contributed by atoms with van der Waals surface area (Å²) in [5.41, 5.74) is 3.71. The molecule has 4 aromatic heterocycles. The molecule has 0 amide bonds. The lowest BCUT2D eigenvalue weighted by atomic mass is 10.1. The van der Waals surface area contributed by atoms with E-state index in [1.54, 1.807) is 10.9 Å². The molecule has 0 bridgehead atoms. The normalized spacial score (nSPS) is 17.5. The van der Waals surface area contributed by atoms with Gasteiger partial charge in [-0.1, -0.05) is 24.3 Å². The van der Waals surface area contributed by atoms with Crippen molar-refractivity contribution in [3.8, 4) is 5.69 Å². The van der Waals surface area contributed by atoms with Gasteiger partial charge in [0, 0.05) is 17.8 Å². The predicted octanol–water partition coefficient (Wildman–Crippen LogP) is 7.50.